The summed E-state index contributed by atoms with van der Waals surface area (Å²) in [5.41, 5.74) is 0.212. The Balaban J connectivity index is 0.00000225. The van der Waals surface area contributed by atoms with Gasteiger partial charge in [-0.05, 0) is 6.07 Å². The number of non-ortho nitro benzene ring substituents is 1. The second-order valence-electron chi connectivity index (χ2n) is 2.72. The topological polar surface area (TPSA) is 89.7 Å². The Morgan fingerprint density at radius 3 is 2.62 bits per heavy atom. The molecule has 0 saturated heterocycles. The van der Waals surface area contributed by atoms with Gasteiger partial charge in [-0.25, -0.2) is 4.21 Å². The second kappa shape index (κ2) is 6.97. The van der Waals surface area contributed by atoms with Gasteiger partial charge in [0.1, 0.15) is 5.75 Å². The minimum absolute atomic E-state index is 0. The van der Waals surface area contributed by atoms with Crippen LogP contribution in [0.2, 0.25) is 0 Å². The van der Waals surface area contributed by atoms with E-state index in [2.05, 4.69) is 0 Å². The van der Waals surface area contributed by atoms with Crippen LogP contribution in [0, 0.1) is 10.1 Å². The van der Waals surface area contributed by atoms with Crippen LogP contribution in [-0.2, 0) is 16.8 Å². The van der Waals surface area contributed by atoms with Gasteiger partial charge in [-0.15, -0.1) is 0 Å². The minimum atomic E-state index is -2.05. The van der Waals surface area contributed by atoms with Gasteiger partial charge in [0, 0.05) is 17.7 Å². The Bertz CT molecular complexity index is 411. The molecule has 0 aromatic heterocycles. The van der Waals surface area contributed by atoms with Crippen LogP contribution in [0.25, 0.3) is 0 Å². The van der Waals surface area contributed by atoms with Crippen LogP contribution in [0.4, 0.5) is 5.69 Å². The molecule has 0 spiro atoms. The average Bonchev–Trinajstić information content (AvgIpc) is 2.16. The van der Waals surface area contributed by atoms with Crippen molar-refractivity contribution in [3.63, 3.8) is 0 Å². The number of nitrogens with zero attached hydrogens (tertiary/aromatic N) is 1. The summed E-state index contributed by atoms with van der Waals surface area (Å²) in [5, 5.41) is 10.5. The molecule has 0 saturated carbocycles. The van der Waals surface area contributed by atoms with Gasteiger partial charge in [0.15, 0.2) is 11.1 Å². The Morgan fingerprint density at radius 2 is 2.19 bits per heavy atom. The van der Waals surface area contributed by atoms with Crippen LogP contribution < -0.4 is 4.74 Å². The van der Waals surface area contributed by atoms with Gasteiger partial charge in [0.25, 0.3) is 5.69 Å². The fourth-order valence-corrected chi connectivity index (χ4v) is 1.62. The molecule has 0 amide bonds. The number of hydrogen-bond acceptors (Lipinski definition) is 4. The van der Waals surface area contributed by atoms with Gasteiger partial charge in [-0.2, -0.15) is 0 Å². The number of rotatable bonds is 4. The van der Waals surface area contributed by atoms with Crippen molar-refractivity contribution in [2.24, 2.45) is 0 Å². The van der Waals surface area contributed by atoms with Gasteiger partial charge in [0.2, 0.25) is 0 Å². The van der Waals surface area contributed by atoms with Crippen LogP contribution in [0.5, 0.6) is 5.75 Å². The fourth-order valence-electron chi connectivity index (χ4n) is 1.12. The van der Waals surface area contributed by atoms with E-state index in [4.69, 9.17) is 9.29 Å². The number of methoxy groups -OCH3 is 1. The molecular weight excluding hydrogens is 245 g/mol. The molecule has 0 aliphatic rings. The molecule has 84 valence electrons. The van der Waals surface area contributed by atoms with Crippen LogP contribution >= 0.6 is 0 Å². The molecule has 8 heteroatoms. The number of nitro benzene ring substituents is 1. The number of hydrogen-bond donors (Lipinski definition) is 1. The monoisotopic (exact) mass is 255 g/mol. The third-order valence-electron chi connectivity index (χ3n) is 1.75. The van der Waals surface area contributed by atoms with Crippen molar-refractivity contribution in [2.45, 2.75) is 5.75 Å². The maximum atomic E-state index is 10.6. The first-order chi connectivity index (χ1) is 7.04. The third kappa shape index (κ3) is 4.18. The molecule has 0 bridgehead atoms. The molecule has 1 atom stereocenters. The van der Waals surface area contributed by atoms with Gasteiger partial charge < -0.3 is 9.29 Å². The molecular formula is C8H10NNaO5S. The van der Waals surface area contributed by atoms with Crippen LogP contribution in [0.3, 0.4) is 0 Å². The van der Waals surface area contributed by atoms with E-state index >= 15 is 0 Å². The summed E-state index contributed by atoms with van der Waals surface area (Å²) in [7, 11) is 1.39. The van der Waals surface area contributed by atoms with Gasteiger partial charge >= 0.3 is 29.6 Å². The predicted octanol–water partition coefficient (Wildman–Crippen LogP) is 0.677. The molecule has 0 fully saturated rings. The van der Waals surface area contributed by atoms with Gasteiger partial charge in [-0.1, -0.05) is 0 Å². The fraction of sp³-hybridized carbons (Fsp3) is 0.250. The zero-order chi connectivity index (χ0) is 11.4. The Kier molecular flexibility index (Phi) is 6.77. The van der Waals surface area contributed by atoms with E-state index in [1.807, 2.05) is 0 Å². The van der Waals surface area contributed by atoms with Crippen molar-refractivity contribution in [2.75, 3.05) is 7.11 Å². The second-order valence-corrected chi connectivity index (χ2v) is 3.65. The van der Waals surface area contributed by atoms with Crippen LogP contribution in [0.15, 0.2) is 18.2 Å². The first-order valence-corrected chi connectivity index (χ1v) is 5.21. The molecule has 6 nitrogen and oxygen atoms in total. The number of ether oxygens (including phenoxy) is 1. The van der Waals surface area contributed by atoms with Crippen molar-refractivity contribution < 1.29 is 18.4 Å². The summed E-state index contributed by atoms with van der Waals surface area (Å²) in [5.74, 6) is 0.174. The molecule has 0 aliphatic heterocycles. The summed E-state index contributed by atoms with van der Waals surface area (Å²) in [6.07, 6.45) is 0. The van der Waals surface area contributed by atoms with E-state index in [1.54, 1.807) is 0 Å². The van der Waals surface area contributed by atoms with Gasteiger partial charge in [-0.3, -0.25) is 10.1 Å². The van der Waals surface area contributed by atoms with E-state index in [0.29, 0.717) is 11.3 Å². The standard InChI is InChI=1S/C8H9NO5S.Na.H/c1-14-8-3-2-7(9(10)11)4-6(8)5-15(12)13;;/h2-4H,5H2,1H3,(H,12,13);;. The van der Waals surface area contributed by atoms with E-state index in [-0.39, 0.29) is 41.0 Å². The Morgan fingerprint density at radius 1 is 1.56 bits per heavy atom. The number of nitro groups is 1. The summed E-state index contributed by atoms with van der Waals surface area (Å²) < 4.78 is 24.2. The molecule has 1 aromatic rings. The van der Waals surface area contributed by atoms with Gasteiger partial charge in [0.05, 0.1) is 17.8 Å². The molecule has 0 heterocycles. The molecule has 1 unspecified atom stereocenters. The van der Waals surface area contributed by atoms with Crippen molar-refractivity contribution in [3.8, 4) is 5.75 Å². The third-order valence-corrected chi connectivity index (χ3v) is 2.31. The summed E-state index contributed by atoms with van der Waals surface area (Å²) in [4.78, 5) is 9.90. The van der Waals surface area contributed by atoms with E-state index < -0.39 is 16.0 Å². The van der Waals surface area contributed by atoms with E-state index in [1.165, 1.54) is 25.3 Å². The Hall–Kier alpha value is -0.470. The van der Waals surface area contributed by atoms with Crippen molar-refractivity contribution in [3.05, 3.63) is 33.9 Å². The molecule has 1 rings (SSSR count). The SMILES string of the molecule is COc1ccc([N+](=O)[O-])cc1CS(=O)O.[NaH]. The maximum absolute atomic E-state index is 10.6. The van der Waals surface area contributed by atoms with Crippen molar-refractivity contribution >= 4 is 46.3 Å². The zero-order valence-corrected chi connectivity index (χ0v) is 8.69. The normalized spacial score (nSPS) is 11.4. The first-order valence-electron chi connectivity index (χ1n) is 3.93. The summed E-state index contributed by atoms with van der Waals surface area (Å²) in [6, 6.07) is 3.91. The quantitative estimate of drug-likeness (QED) is 0.370. The average molecular weight is 255 g/mol. The summed E-state index contributed by atoms with van der Waals surface area (Å²) >= 11 is -2.05. The number of benzene rings is 1. The van der Waals surface area contributed by atoms with Crippen molar-refractivity contribution in [1.29, 1.82) is 0 Å². The van der Waals surface area contributed by atoms with Crippen molar-refractivity contribution in [1.82, 2.24) is 0 Å². The molecule has 0 radical (unpaired) electrons. The van der Waals surface area contributed by atoms with Crippen LogP contribution in [0.1, 0.15) is 5.56 Å². The molecule has 1 aromatic carbocycles. The van der Waals surface area contributed by atoms with E-state index in [0.717, 1.165) is 0 Å². The Labute approximate surface area is 117 Å². The first kappa shape index (κ1) is 15.5. The molecule has 16 heavy (non-hydrogen) atoms. The molecule has 1 N–H and O–H groups in total. The predicted molar refractivity (Wildman–Crippen MR) is 61.3 cm³/mol. The summed E-state index contributed by atoms with van der Waals surface area (Å²) in [6.45, 7) is 0. The molecule has 0 aliphatic carbocycles. The van der Waals surface area contributed by atoms with Crippen LogP contribution in [-0.4, -0.2) is 50.4 Å². The van der Waals surface area contributed by atoms with E-state index in [9.17, 15) is 14.3 Å². The zero-order valence-electron chi connectivity index (χ0n) is 7.87.